The van der Waals surface area contributed by atoms with Crippen LogP contribution in [0.15, 0.2) is 0 Å². The molecule has 0 aromatic rings. The van der Waals surface area contributed by atoms with Gasteiger partial charge in [0.25, 0.3) is 0 Å². The number of aliphatic hydroxyl groups is 2. The van der Waals surface area contributed by atoms with Crippen LogP contribution in [0.3, 0.4) is 0 Å². The second kappa shape index (κ2) is 18.9. The largest absolute Gasteiger partial charge is 0.394 e. The van der Waals surface area contributed by atoms with Crippen LogP contribution < -0.4 is 0 Å². The third-order valence-corrected chi connectivity index (χ3v) is 4.16. The summed E-state index contributed by atoms with van der Waals surface area (Å²) < 4.78 is 5.28. The topological polar surface area (TPSA) is 49.7 Å². The predicted molar refractivity (Wildman–Crippen MR) is 94.2 cm³/mol. The van der Waals surface area contributed by atoms with E-state index in [1.165, 1.54) is 83.5 Å². The summed E-state index contributed by atoms with van der Waals surface area (Å²) in [5, 5.41) is 17.7. The lowest BCUT2D eigenvalue weighted by atomic mass is 10.0. The molecule has 0 bridgehead atoms. The Morgan fingerprint density at radius 2 is 1.09 bits per heavy atom. The molecule has 2 N–H and O–H groups in total. The van der Waals surface area contributed by atoms with Crippen LogP contribution in [0.5, 0.6) is 0 Å². The third kappa shape index (κ3) is 17.9. The van der Waals surface area contributed by atoms with Gasteiger partial charge < -0.3 is 14.9 Å². The summed E-state index contributed by atoms with van der Waals surface area (Å²) >= 11 is 0. The van der Waals surface area contributed by atoms with Crippen molar-refractivity contribution in [2.24, 2.45) is 0 Å². The molecule has 0 aliphatic carbocycles. The summed E-state index contributed by atoms with van der Waals surface area (Å²) in [7, 11) is 0. The molecular weight excluding hydrogens is 276 g/mol. The van der Waals surface area contributed by atoms with E-state index in [0.717, 1.165) is 6.42 Å². The first-order valence-corrected chi connectivity index (χ1v) is 9.68. The lowest BCUT2D eigenvalue weighted by Gasteiger charge is -2.08. The van der Waals surface area contributed by atoms with Gasteiger partial charge in [0.2, 0.25) is 0 Å². The number of aliphatic hydroxyl groups excluding tert-OH is 2. The Morgan fingerprint density at radius 1 is 0.682 bits per heavy atom. The van der Waals surface area contributed by atoms with Gasteiger partial charge in [-0.3, -0.25) is 0 Å². The molecule has 3 nitrogen and oxygen atoms in total. The van der Waals surface area contributed by atoms with Crippen LogP contribution >= 0.6 is 0 Å². The minimum atomic E-state index is -0.716. The Morgan fingerprint density at radius 3 is 1.50 bits per heavy atom. The van der Waals surface area contributed by atoms with Crippen molar-refractivity contribution in [3.05, 3.63) is 0 Å². The van der Waals surface area contributed by atoms with E-state index in [1.54, 1.807) is 0 Å². The van der Waals surface area contributed by atoms with E-state index in [0.29, 0.717) is 6.61 Å². The maximum atomic E-state index is 9.10. The number of ether oxygens (including phenoxy) is 1. The molecule has 0 saturated heterocycles. The molecule has 0 unspecified atom stereocenters. The Kier molecular flexibility index (Phi) is 18.8. The van der Waals surface area contributed by atoms with Crippen LogP contribution in [0.4, 0.5) is 0 Å². The van der Waals surface area contributed by atoms with Gasteiger partial charge in [-0.1, -0.05) is 90.4 Å². The maximum absolute atomic E-state index is 9.10. The highest BCUT2D eigenvalue weighted by Crippen LogP contribution is 2.12. The van der Waals surface area contributed by atoms with Crippen LogP contribution in [-0.4, -0.2) is 36.1 Å². The molecule has 0 aromatic heterocycles. The normalized spacial score (nSPS) is 12.7. The Bertz CT molecular complexity index is 197. The van der Waals surface area contributed by atoms with E-state index in [1.807, 2.05) is 0 Å². The highest BCUT2D eigenvalue weighted by atomic mass is 16.5. The third-order valence-electron chi connectivity index (χ3n) is 4.16. The molecule has 3 heteroatoms. The minimum Gasteiger partial charge on any atom is -0.394 e. The monoisotopic (exact) mass is 316 g/mol. The van der Waals surface area contributed by atoms with E-state index >= 15 is 0 Å². The molecule has 0 radical (unpaired) electrons. The first-order valence-electron chi connectivity index (χ1n) is 9.68. The minimum absolute atomic E-state index is 0.210. The van der Waals surface area contributed by atoms with Gasteiger partial charge >= 0.3 is 0 Å². The molecule has 0 saturated carbocycles. The molecule has 0 aliphatic rings. The lowest BCUT2D eigenvalue weighted by molar-refractivity contribution is 0.00526. The fraction of sp³-hybridized carbons (Fsp3) is 1.00. The first kappa shape index (κ1) is 21.9. The highest BCUT2D eigenvalue weighted by molar-refractivity contribution is 4.51. The first-order chi connectivity index (χ1) is 10.8. The summed E-state index contributed by atoms with van der Waals surface area (Å²) in [6.07, 6.45) is 18.3. The summed E-state index contributed by atoms with van der Waals surface area (Å²) in [6.45, 7) is 3.03. The fourth-order valence-electron chi connectivity index (χ4n) is 2.67. The summed E-state index contributed by atoms with van der Waals surface area (Å²) in [6, 6.07) is 0. The second-order valence-corrected chi connectivity index (χ2v) is 6.51. The molecule has 0 aromatic carbocycles. The average Bonchev–Trinajstić information content (AvgIpc) is 2.54. The number of unbranched alkanes of at least 4 members (excludes halogenated alkanes) is 13. The van der Waals surface area contributed by atoms with Crippen molar-refractivity contribution < 1.29 is 14.9 Å². The van der Waals surface area contributed by atoms with Crippen molar-refractivity contribution in [1.29, 1.82) is 0 Å². The zero-order valence-electron chi connectivity index (χ0n) is 14.9. The zero-order valence-corrected chi connectivity index (χ0v) is 14.9. The van der Waals surface area contributed by atoms with Crippen molar-refractivity contribution in [2.75, 3.05) is 19.8 Å². The van der Waals surface area contributed by atoms with Crippen molar-refractivity contribution in [3.63, 3.8) is 0 Å². The Balaban J connectivity index is 2.97. The van der Waals surface area contributed by atoms with E-state index in [-0.39, 0.29) is 13.2 Å². The van der Waals surface area contributed by atoms with Gasteiger partial charge in [0, 0.05) is 6.61 Å². The van der Waals surface area contributed by atoms with Crippen molar-refractivity contribution >= 4 is 0 Å². The fourth-order valence-corrected chi connectivity index (χ4v) is 2.67. The average molecular weight is 317 g/mol. The Labute approximate surface area is 138 Å². The van der Waals surface area contributed by atoms with E-state index in [2.05, 4.69) is 6.92 Å². The van der Waals surface area contributed by atoms with Crippen LogP contribution in [0.25, 0.3) is 0 Å². The number of hydrogen-bond donors (Lipinski definition) is 2. The van der Waals surface area contributed by atoms with E-state index in [4.69, 9.17) is 14.9 Å². The summed E-state index contributed by atoms with van der Waals surface area (Å²) in [4.78, 5) is 0. The van der Waals surface area contributed by atoms with Gasteiger partial charge in [-0.25, -0.2) is 0 Å². The molecule has 22 heavy (non-hydrogen) atoms. The predicted octanol–water partition coefficient (Wildman–Crippen LogP) is 4.84. The van der Waals surface area contributed by atoms with Gasteiger partial charge in [0.15, 0.2) is 0 Å². The molecule has 0 spiro atoms. The van der Waals surface area contributed by atoms with Crippen molar-refractivity contribution in [2.45, 2.75) is 103 Å². The standard InChI is InChI=1S/C19H40O3/c1-2-3-4-5-6-7-8-9-10-11-12-13-14-15-16-22-18-19(21)17-20/h19-21H,2-18H2,1H3/t19-/m0/s1. The maximum Gasteiger partial charge on any atom is 0.100 e. The van der Waals surface area contributed by atoms with Gasteiger partial charge in [-0.2, -0.15) is 0 Å². The van der Waals surface area contributed by atoms with Gasteiger partial charge in [-0.15, -0.1) is 0 Å². The summed E-state index contributed by atoms with van der Waals surface area (Å²) in [5.74, 6) is 0. The molecule has 0 fully saturated rings. The van der Waals surface area contributed by atoms with Gasteiger partial charge in [0.1, 0.15) is 6.10 Å². The molecule has 0 rings (SSSR count). The smallest absolute Gasteiger partial charge is 0.100 e. The Hall–Kier alpha value is -0.120. The molecular formula is C19H40O3. The zero-order chi connectivity index (χ0) is 16.3. The van der Waals surface area contributed by atoms with Crippen LogP contribution in [0.1, 0.15) is 96.8 Å². The van der Waals surface area contributed by atoms with E-state index in [9.17, 15) is 0 Å². The number of hydrogen-bond acceptors (Lipinski definition) is 3. The van der Waals surface area contributed by atoms with Crippen LogP contribution in [0.2, 0.25) is 0 Å². The highest BCUT2D eigenvalue weighted by Gasteiger charge is 2.00. The molecule has 0 aliphatic heterocycles. The molecule has 0 heterocycles. The van der Waals surface area contributed by atoms with Crippen molar-refractivity contribution in [3.8, 4) is 0 Å². The quantitative estimate of drug-likeness (QED) is 0.356. The van der Waals surface area contributed by atoms with Gasteiger partial charge in [-0.05, 0) is 6.42 Å². The van der Waals surface area contributed by atoms with E-state index < -0.39 is 6.10 Å². The molecule has 134 valence electrons. The van der Waals surface area contributed by atoms with Crippen LogP contribution in [-0.2, 0) is 4.74 Å². The lowest BCUT2D eigenvalue weighted by Crippen LogP contribution is -2.19. The molecule has 1 atom stereocenters. The second-order valence-electron chi connectivity index (χ2n) is 6.51. The molecule has 0 amide bonds. The summed E-state index contributed by atoms with van der Waals surface area (Å²) in [5.41, 5.74) is 0. The van der Waals surface area contributed by atoms with Gasteiger partial charge in [0.05, 0.1) is 13.2 Å². The van der Waals surface area contributed by atoms with Crippen LogP contribution in [0, 0.1) is 0 Å². The number of rotatable bonds is 18. The SMILES string of the molecule is CCCCCCCCCCCCCCCCOC[C@@H](O)CO. The van der Waals surface area contributed by atoms with Crippen molar-refractivity contribution in [1.82, 2.24) is 0 Å².